The SMILES string of the molecule is COc1ccccc1C(C)[PH](=O)O. The number of para-hydroxylation sites is 1. The number of methoxy groups -OCH3 is 1. The van der Waals surface area contributed by atoms with Crippen molar-refractivity contribution in [3.63, 3.8) is 0 Å². The molecule has 0 aliphatic heterocycles. The van der Waals surface area contributed by atoms with Gasteiger partial charge in [0.1, 0.15) is 5.75 Å². The van der Waals surface area contributed by atoms with Gasteiger partial charge < -0.3 is 9.63 Å². The fourth-order valence-electron chi connectivity index (χ4n) is 1.16. The number of ether oxygens (including phenoxy) is 1. The van der Waals surface area contributed by atoms with E-state index in [1.54, 1.807) is 20.1 Å². The van der Waals surface area contributed by atoms with E-state index in [0.29, 0.717) is 5.75 Å². The van der Waals surface area contributed by atoms with Crippen LogP contribution in [0.3, 0.4) is 0 Å². The second-order valence-electron chi connectivity index (χ2n) is 2.80. The zero-order valence-electron chi connectivity index (χ0n) is 7.65. The summed E-state index contributed by atoms with van der Waals surface area (Å²) >= 11 is 0. The molecule has 0 saturated carbocycles. The Morgan fingerprint density at radius 1 is 1.46 bits per heavy atom. The quantitative estimate of drug-likeness (QED) is 0.761. The highest BCUT2D eigenvalue weighted by Crippen LogP contribution is 2.40. The van der Waals surface area contributed by atoms with E-state index >= 15 is 0 Å². The van der Waals surface area contributed by atoms with Gasteiger partial charge in [-0.25, -0.2) is 0 Å². The largest absolute Gasteiger partial charge is 0.496 e. The summed E-state index contributed by atoms with van der Waals surface area (Å²) in [6.07, 6.45) is 0. The fraction of sp³-hybridized carbons (Fsp3) is 0.333. The standard InChI is InChI=1S/C9H13O3P/c1-7(13(10)11)8-5-3-4-6-9(8)12-2/h3-7,13H,1-2H3,(H,10,11). The molecule has 1 rings (SSSR count). The summed E-state index contributed by atoms with van der Waals surface area (Å²) < 4.78 is 16.0. The monoisotopic (exact) mass is 200 g/mol. The van der Waals surface area contributed by atoms with Crippen molar-refractivity contribution in [2.24, 2.45) is 0 Å². The summed E-state index contributed by atoms with van der Waals surface area (Å²) in [5, 5.41) is 0. The summed E-state index contributed by atoms with van der Waals surface area (Å²) in [5.74, 6) is 0.669. The number of rotatable bonds is 3. The Morgan fingerprint density at radius 2 is 2.08 bits per heavy atom. The van der Waals surface area contributed by atoms with Crippen LogP contribution in [0.15, 0.2) is 24.3 Å². The molecule has 0 aliphatic rings. The minimum absolute atomic E-state index is 0.346. The first kappa shape index (κ1) is 10.3. The molecule has 2 unspecified atom stereocenters. The molecule has 0 aliphatic carbocycles. The third kappa shape index (κ3) is 2.33. The molecule has 2 atom stereocenters. The minimum atomic E-state index is -2.53. The minimum Gasteiger partial charge on any atom is -0.496 e. The Bertz CT molecular complexity index is 311. The molecule has 0 spiro atoms. The lowest BCUT2D eigenvalue weighted by molar-refractivity contribution is 0.408. The Kier molecular flexibility index (Phi) is 3.52. The molecule has 1 aromatic carbocycles. The first-order valence-corrected chi connectivity index (χ1v) is 5.45. The summed E-state index contributed by atoms with van der Waals surface area (Å²) in [6.45, 7) is 1.72. The highest BCUT2D eigenvalue weighted by atomic mass is 31.1. The molecule has 72 valence electrons. The first-order valence-electron chi connectivity index (χ1n) is 4.02. The molecular formula is C9H13O3P. The van der Waals surface area contributed by atoms with Crippen molar-refractivity contribution in [2.45, 2.75) is 12.6 Å². The zero-order chi connectivity index (χ0) is 9.84. The van der Waals surface area contributed by atoms with Crippen LogP contribution < -0.4 is 4.74 Å². The third-order valence-electron chi connectivity index (χ3n) is 1.98. The number of hydrogen-bond acceptors (Lipinski definition) is 2. The van der Waals surface area contributed by atoms with Gasteiger partial charge in [-0.3, -0.25) is 4.57 Å². The van der Waals surface area contributed by atoms with Crippen LogP contribution in [-0.2, 0) is 4.57 Å². The highest BCUT2D eigenvalue weighted by molar-refractivity contribution is 7.38. The number of benzene rings is 1. The molecule has 13 heavy (non-hydrogen) atoms. The summed E-state index contributed by atoms with van der Waals surface area (Å²) in [5.41, 5.74) is 0.442. The molecule has 0 saturated heterocycles. The summed E-state index contributed by atoms with van der Waals surface area (Å²) in [7, 11) is -0.971. The molecule has 0 bridgehead atoms. The summed E-state index contributed by atoms with van der Waals surface area (Å²) in [4.78, 5) is 8.99. The van der Waals surface area contributed by atoms with Crippen molar-refractivity contribution in [3.8, 4) is 5.75 Å². The average molecular weight is 200 g/mol. The van der Waals surface area contributed by atoms with Crippen LogP contribution in [0.2, 0.25) is 0 Å². The number of hydrogen-bond donors (Lipinski definition) is 1. The van der Waals surface area contributed by atoms with Gasteiger partial charge in [-0.1, -0.05) is 18.2 Å². The van der Waals surface area contributed by atoms with Gasteiger partial charge in [0, 0.05) is 5.56 Å². The lowest BCUT2D eigenvalue weighted by Crippen LogP contribution is -1.93. The van der Waals surface area contributed by atoms with E-state index in [4.69, 9.17) is 9.63 Å². The van der Waals surface area contributed by atoms with E-state index in [0.717, 1.165) is 5.56 Å². The molecular weight excluding hydrogens is 187 g/mol. The topological polar surface area (TPSA) is 46.5 Å². The predicted molar refractivity (Wildman–Crippen MR) is 52.6 cm³/mol. The van der Waals surface area contributed by atoms with Crippen LogP contribution in [0.1, 0.15) is 18.1 Å². The maximum absolute atomic E-state index is 10.9. The van der Waals surface area contributed by atoms with E-state index in [1.165, 1.54) is 0 Å². The maximum atomic E-state index is 10.9. The lowest BCUT2D eigenvalue weighted by Gasteiger charge is -2.12. The van der Waals surface area contributed by atoms with Crippen LogP contribution in [-0.4, -0.2) is 12.0 Å². The molecule has 0 heterocycles. The lowest BCUT2D eigenvalue weighted by atomic mass is 10.1. The van der Waals surface area contributed by atoms with Crippen LogP contribution in [0, 0.1) is 0 Å². The van der Waals surface area contributed by atoms with Crippen molar-refractivity contribution in [2.75, 3.05) is 7.11 Å². The molecule has 0 amide bonds. The van der Waals surface area contributed by atoms with Gasteiger partial charge in [-0.2, -0.15) is 0 Å². The van der Waals surface area contributed by atoms with Gasteiger partial charge in [0.2, 0.25) is 0 Å². The van der Waals surface area contributed by atoms with Gasteiger partial charge in [0.05, 0.1) is 12.8 Å². The van der Waals surface area contributed by atoms with Gasteiger partial charge in [0.25, 0.3) is 0 Å². The normalized spacial score (nSPS) is 15.0. The first-order chi connectivity index (χ1) is 6.16. The molecule has 4 heteroatoms. The fourth-order valence-corrected chi connectivity index (χ4v) is 1.66. The van der Waals surface area contributed by atoms with Crippen LogP contribution in [0.4, 0.5) is 0 Å². The van der Waals surface area contributed by atoms with Gasteiger partial charge in [0.15, 0.2) is 8.03 Å². The van der Waals surface area contributed by atoms with Crippen LogP contribution in [0.25, 0.3) is 0 Å². The Morgan fingerprint density at radius 3 is 2.62 bits per heavy atom. The van der Waals surface area contributed by atoms with E-state index in [9.17, 15) is 4.57 Å². The summed E-state index contributed by atoms with van der Waals surface area (Å²) in [6, 6.07) is 7.27. The maximum Gasteiger partial charge on any atom is 0.196 e. The zero-order valence-corrected chi connectivity index (χ0v) is 8.65. The van der Waals surface area contributed by atoms with E-state index in [-0.39, 0.29) is 5.66 Å². The van der Waals surface area contributed by atoms with Gasteiger partial charge in [-0.15, -0.1) is 0 Å². The second-order valence-corrected chi connectivity index (χ2v) is 4.34. The molecule has 1 aromatic rings. The van der Waals surface area contributed by atoms with Crippen molar-refractivity contribution in [1.82, 2.24) is 0 Å². The smallest absolute Gasteiger partial charge is 0.196 e. The van der Waals surface area contributed by atoms with Crippen molar-refractivity contribution < 1.29 is 14.2 Å². The Balaban J connectivity index is 3.05. The van der Waals surface area contributed by atoms with E-state index in [2.05, 4.69) is 0 Å². The highest BCUT2D eigenvalue weighted by Gasteiger charge is 2.14. The predicted octanol–water partition coefficient (Wildman–Crippen LogP) is 2.22. The van der Waals surface area contributed by atoms with Gasteiger partial charge >= 0.3 is 0 Å². The molecule has 0 radical (unpaired) electrons. The third-order valence-corrected chi connectivity index (χ3v) is 3.03. The average Bonchev–Trinajstić information content (AvgIpc) is 2.16. The molecule has 1 N–H and O–H groups in total. The Hall–Kier alpha value is -0.790. The van der Waals surface area contributed by atoms with Crippen molar-refractivity contribution >= 4 is 8.03 Å². The van der Waals surface area contributed by atoms with Gasteiger partial charge in [-0.05, 0) is 13.0 Å². The van der Waals surface area contributed by atoms with Crippen LogP contribution >= 0.6 is 8.03 Å². The second kappa shape index (κ2) is 4.45. The van der Waals surface area contributed by atoms with E-state index in [1.807, 2.05) is 18.2 Å². The van der Waals surface area contributed by atoms with Crippen molar-refractivity contribution in [1.29, 1.82) is 0 Å². The Labute approximate surface area is 78.2 Å². The molecule has 0 fully saturated rings. The van der Waals surface area contributed by atoms with Crippen LogP contribution in [0.5, 0.6) is 5.75 Å². The van der Waals surface area contributed by atoms with Crippen molar-refractivity contribution in [3.05, 3.63) is 29.8 Å². The van der Waals surface area contributed by atoms with E-state index < -0.39 is 8.03 Å². The molecule has 3 nitrogen and oxygen atoms in total. The molecule has 0 aromatic heterocycles.